The molecule has 0 aromatic carbocycles. The lowest BCUT2D eigenvalue weighted by molar-refractivity contribution is -0.147. The molecule has 1 fully saturated rings. The van der Waals surface area contributed by atoms with Gasteiger partial charge < -0.3 is 4.74 Å². The first-order valence-corrected chi connectivity index (χ1v) is 13.6. The summed E-state index contributed by atoms with van der Waals surface area (Å²) in [6, 6.07) is 0. The Morgan fingerprint density at radius 3 is 2.17 bits per heavy atom. The van der Waals surface area contributed by atoms with E-state index in [9.17, 15) is 4.79 Å². The molecular formula is C28H52O2. The molecule has 1 saturated heterocycles. The SMILES string of the molecule is CCCCCCC(CCCCC)C(/C=C/C1CCCCCCCC(=O)O1)CCCC. The second kappa shape index (κ2) is 18.9. The molecule has 2 nitrogen and oxygen atoms in total. The first-order chi connectivity index (χ1) is 14.7. The number of allylic oxidation sites excluding steroid dienone is 1. The van der Waals surface area contributed by atoms with Gasteiger partial charge in [-0.25, -0.2) is 0 Å². The Labute approximate surface area is 188 Å². The minimum absolute atomic E-state index is 0.00360. The van der Waals surface area contributed by atoms with Crippen LogP contribution in [0.1, 0.15) is 143 Å². The number of hydrogen-bond donors (Lipinski definition) is 0. The molecule has 0 saturated carbocycles. The fraction of sp³-hybridized carbons (Fsp3) is 0.893. The largest absolute Gasteiger partial charge is 0.458 e. The van der Waals surface area contributed by atoms with Gasteiger partial charge >= 0.3 is 5.97 Å². The molecule has 3 atom stereocenters. The van der Waals surface area contributed by atoms with Gasteiger partial charge in [-0.15, -0.1) is 0 Å². The van der Waals surface area contributed by atoms with E-state index < -0.39 is 0 Å². The lowest BCUT2D eigenvalue weighted by Gasteiger charge is -2.26. The molecule has 0 spiro atoms. The van der Waals surface area contributed by atoms with E-state index in [-0.39, 0.29) is 12.1 Å². The Balaban J connectivity index is 2.78. The zero-order valence-corrected chi connectivity index (χ0v) is 20.6. The maximum Gasteiger partial charge on any atom is 0.306 e. The molecule has 0 N–H and O–H groups in total. The first kappa shape index (κ1) is 27.2. The van der Waals surface area contributed by atoms with Crippen molar-refractivity contribution in [1.29, 1.82) is 0 Å². The number of rotatable bonds is 15. The second-order valence-electron chi connectivity index (χ2n) is 9.63. The lowest BCUT2D eigenvalue weighted by Crippen LogP contribution is -2.19. The maximum absolute atomic E-state index is 12.2. The summed E-state index contributed by atoms with van der Waals surface area (Å²) in [6.45, 7) is 6.90. The van der Waals surface area contributed by atoms with Gasteiger partial charge in [0.15, 0.2) is 0 Å². The van der Waals surface area contributed by atoms with Crippen LogP contribution in [0.5, 0.6) is 0 Å². The first-order valence-electron chi connectivity index (χ1n) is 13.6. The summed E-state index contributed by atoms with van der Waals surface area (Å²) < 4.78 is 5.85. The molecule has 0 amide bonds. The predicted octanol–water partition coefficient (Wildman–Crippen LogP) is 9.17. The van der Waals surface area contributed by atoms with Gasteiger partial charge in [0.05, 0.1) is 0 Å². The minimum atomic E-state index is -0.00360. The number of hydrogen-bond acceptors (Lipinski definition) is 2. The van der Waals surface area contributed by atoms with E-state index in [1.807, 2.05) is 0 Å². The molecule has 0 aromatic rings. The van der Waals surface area contributed by atoms with E-state index in [2.05, 4.69) is 32.9 Å². The van der Waals surface area contributed by atoms with Gasteiger partial charge in [0.1, 0.15) is 6.10 Å². The monoisotopic (exact) mass is 420 g/mol. The summed E-state index contributed by atoms with van der Waals surface area (Å²) in [7, 11) is 0. The van der Waals surface area contributed by atoms with Gasteiger partial charge in [0.25, 0.3) is 0 Å². The molecule has 3 unspecified atom stereocenters. The number of unbranched alkanes of at least 4 members (excludes halogenated alkanes) is 6. The Bertz CT molecular complexity index is 428. The Hall–Kier alpha value is -0.790. The third kappa shape index (κ3) is 13.5. The van der Waals surface area contributed by atoms with Gasteiger partial charge in [-0.05, 0) is 56.4 Å². The molecule has 0 aliphatic carbocycles. The average molecular weight is 421 g/mol. The highest BCUT2D eigenvalue weighted by Crippen LogP contribution is 2.31. The van der Waals surface area contributed by atoms with Crippen molar-refractivity contribution < 1.29 is 9.53 Å². The maximum atomic E-state index is 12.2. The molecule has 176 valence electrons. The average Bonchev–Trinajstić information content (AvgIpc) is 2.75. The summed E-state index contributed by atoms with van der Waals surface area (Å²) >= 11 is 0. The number of carbonyl (C=O) groups excluding carboxylic acids is 1. The third-order valence-corrected chi connectivity index (χ3v) is 6.83. The van der Waals surface area contributed by atoms with Crippen LogP contribution in [-0.2, 0) is 9.53 Å². The topological polar surface area (TPSA) is 26.3 Å². The smallest absolute Gasteiger partial charge is 0.306 e. The summed E-state index contributed by atoms with van der Waals surface area (Å²) in [5.74, 6) is 1.46. The van der Waals surface area contributed by atoms with Crippen LogP contribution in [0.3, 0.4) is 0 Å². The zero-order valence-electron chi connectivity index (χ0n) is 20.6. The van der Waals surface area contributed by atoms with E-state index in [4.69, 9.17) is 4.74 Å². The second-order valence-corrected chi connectivity index (χ2v) is 9.63. The van der Waals surface area contributed by atoms with E-state index in [1.165, 1.54) is 103 Å². The van der Waals surface area contributed by atoms with Gasteiger partial charge in [0, 0.05) is 6.42 Å². The van der Waals surface area contributed by atoms with Crippen LogP contribution in [0.25, 0.3) is 0 Å². The Kier molecular flexibility index (Phi) is 17.2. The molecule has 0 radical (unpaired) electrons. The van der Waals surface area contributed by atoms with Gasteiger partial charge in [-0.3, -0.25) is 4.79 Å². The van der Waals surface area contributed by atoms with Crippen LogP contribution >= 0.6 is 0 Å². The normalized spacial score (nSPS) is 20.8. The van der Waals surface area contributed by atoms with Crippen LogP contribution in [0, 0.1) is 11.8 Å². The molecule has 1 aliphatic heterocycles. The molecule has 1 heterocycles. The Morgan fingerprint density at radius 2 is 1.43 bits per heavy atom. The van der Waals surface area contributed by atoms with Crippen molar-refractivity contribution >= 4 is 5.97 Å². The van der Waals surface area contributed by atoms with Crippen molar-refractivity contribution in [1.82, 2.24) is 0 Å². The molecule has 0 aromatic heterocycles. The van der Waals surface area contributed by atoms with Crippen LogP contribution in [0.4, 0.5) is 0 Å². The summed E-state index contributed by atoms with van der Waals surface area (Å²) in [4.78, 5) is 12.2. The van der Waals surface area contributed by atoms with E-state index in [0.29, 0.717) is 12.3 Å². The molecule has 2 heteroatoms. The third-order valence-electron chi connectivity index (χ3n) is 6.83. The van der Waals surface area contributed by atoms with E-state index in [1.54, 1.807) is 0 Å². The van der Waals surface area contributed by atoms with Gasteiger partial charge in [0.2, 0.25) is 0 Å². The fourth-order valence-electron chi connectivity index (χ4n) is 4.83. The van der Waals surface area contributed by atoms with Gasteiger partial charge in [-0.1, -0.05) is 104 Å². The van der Waals surface area contributed by atoms with E-state index in [0.717, 1.165) is 18.8 Å². The summed E-state index contributed by atoms with van der Waals surface area (Å²) in [6.07, 6.45) is 28.3. The van der Waals surface area contributed by atoms with Crippen molar-refractivity contribution in [2.75, 3.05) is 0 Å². The van der Waals surface area contributed by atoms with Crippen molar-refractivity contribution in [3.05, 3.63) is 12.2 Å². The van der Waals surface area contributed by atoms with Crippen LogP contribution < -0.4 is 0 Å². The minimum Gasteiger partial charge on any atom is -0.458 e. The molecule has 0 bridgehead atoms. The van der Waals surface area contributed by atoms with Gasteiger partial charge in [-0.2, -0.15) is 0 Å². The number of carbonyl (C=O) groups is 1. The number of ether oxygens (including phenoxy) is 1. The van der Waals surface area contributed by atoms with Crippen molar-refractivity contribution in [3.8, 4) is 0 Å². The summed E-state index contributed by atoms with van der Waals surface area (Å²) in [5.41, 5.74) is 0. The van der Waals surface area contributed by atoms with Crippen LogP contribution in [-0.4, -0.2) is 12.1 Å². The highest BCUT2D eigenvalue weighted by Gasteiger charge is 2.20. The van der Waals surface area contributed by atoms with Crippen LogP contribution in [0.15, 0.2) is 12.2 Å². The molecule has 1 rings (SSSR count). The lowest BCUT2D eigenvalue weighted by atomic mass is 9.80. The molecule has 30 heavy (non-hydrogen) atoms. The van der Waals surface area contributed by atoms with Crippen molar-refractivity contribution in [3.63, 3.8) is 0 Å². The van der Waals surface area contributed by atoms with Crippen molar-refractivity contribution in [2.45, 2.75) is 149 Å². The van der Waals surface area contributed by atoms with Crippen LogP contribution in [0.2, 0.25) is 0 Å². The highest BCUT2D eigenvalue weighted by molar-refractivity contribution is 5.69. The number of esters is 1. The fourth-order valence-corrected chi connectivity index (χ4v) is 4.83. The standard InChI is InChI=1S/C28H52O2/c1-4-7-10-15-20-25(19-14-8-5-2)26(18-9-6-3)23-24-27-21-16-12-11-13-17-22-28(29)30-27/h23-27H,4-22H2,1-3H3/b24-23+. The number of cyclic esters (lactones) is 1. The summed E-state index contributed by atoms with van der Waals surface area (Å²) in [5, 5.41) is 0. The highest BCUT2D eigenvalue weighted by atomic mass is 16.5. The predicted molar refractivity (Wildman–Crippen MR) is 131 cm³/mol. The Morgan fingerprint density at radius 1 is 0.800 bits per heavy atom. The quantitative estimate of drug-likeness (QED) is 0.150. The van der Waals surface area contributed by atoms with Crippen molar-refractivity contribution in [2.24, 2.45) is 11.8 Å². The molecule has 1 aliphatic rings. The molecular weight excluding hydrogens is 368 g/mol. The zero-order chi connectivity index (χ0) is 21.9. The van der Waals surface area contributed by atoms with E-state index >= 15 is 0 Å².